The van der Waals surface area contributed by atoms with Gasteiger partial charge in [0.2, 0.25) is 0 Å². The monoisotopic (exact) mass is 556 g/mol. The molecule has 0 aliphatic carbocycles. The van der Waals surface area contributed by atoms with Gasteiger partial charge in [0.15, 0.2) is 11.6 Å². The molecule has 1 amide bonds. The fourth-order valence-corrected chi connectivity index (χ4v) is 5.59. The van der Waals surface area contributed by atoms with Crippen molar-refractivity contribution in [1.82, 2.24) is 9.55 Å². The van der Waals surface area contributed by atoms with Crippen LogP contribution in [-0.2, 0) is 17.9 Å². The number of fused-ring (bicyclic) bond motifs is 3. The van der Waals surface area contributed by atoms with Crippen LogP contribution >= 0.6 is 0 Å². The topological polar surface area (TPSA) is 104 Å². The van der Waals surface area contributed by atoms with E-state index in [2.05, 4.69) is 24.6 Å². The van der Waals surface area contributed by atoms with E-state index in [-0.39, 0.29) is 24.2 Å². The van der Waals surface area contributed by atoms with E-state index in [1.807, 2.05) is 42.7 Å². The molecule has 1 aliphatic rings. The molecular weight excluding hydrogens is 520 g/mol. The van der Waals surface area contributed by atoms with E-state index in [1.54, 1.807) is 35.2 Å². The van der Waals surface area contributed by atoms with Crippen LogP contribution in [0.1, 0.15) is 43.7 Å². The molecule has 208 valence electrons. The summed E-state index contributed by atoms with van der Waals surface area (Å²) in [5.74, 6) is 0.734. The molecule has 2 aromatic heterocycles. The summed E-state index contributed by atoms with van der Waals surface area (Å²) in [6, 6.07) is 17.4. The predicted octanol–water partition coefficient (Wildman–Crippen LogP) is 6.09. The van der Waals surface area contributed by atoms with Gasteiger partial charge in [-0.15, -0.1) is 0 Å². The molecule has 2 aromatic carbocycles. The van der Waals surface area contributed by atoms with Crippen LogP contribution < -0.4 is 10.6 Å². The number of nitrogens with two attached hydrogens (primary N) is 1. The molecule has 0 bridgehead atoms. The van der Waals surface area contributed by atoms with Crippen LogP contribution in [0, 0.1) is 13.8 Å². The third-order valence-electron chi connectivity index (χ3n) is 7.36. The molecule has 2 N–H and O–H groups in total. The average molecular weight is 557 g/mol. The number of hydrogen-bond donors (Lipinski definition) is 1. The molecule has 8 nitrogen and oxygen atoms in total. The van der Waals surface area contributed by atoms with Gasteiger partial charge < -0.3 is 24.4 Å². The molecule has 0 saturated carbocycles. The maximum absolute atomic E-state index is 13.7. The lowest BCUT2D eigenvalue weighted by Gasteiger charge is -2.23. The highest BCUT2D eigenvalue weighted by atomic mass is 28.3. The molecule has 5 rings (SSSR count). The van der Waals surface area contributed by atoms with E-state index >= 15 is 0 Å². The molecule has 0 saturated heterocycles. The first kappa shape index (κ1) is 27.6. The minimum absolute atomic E-state index is 0.115. The Labute approximate surface area is 235 Å². The van der Waals surface area contributed by atoms with E-state index < -0.39 is 8.07 Å². The molecular formula is C31H36N4O4Si. The van der Waals surface area contributed by atoms with Gasteiger partial charge in [-0.25, -0.2) is 4.98 Å². The van der Waals surface area contributed by atoms with Crippen molar-refractivity contribution in [3.8, 4) is 11.3 Å². The minimum atomic E-state index is -1.23. The SMILES string of the molecule is Cc1nc(C(=O)c2cc3c(o2)-c2ccccc2N(C(=O)c2ccc(N)cc2)CC3)n(COCC[Si](C)(C)C)c1C. The van der Waals surface area contributed by atoms with Gasteiger partial charge in [-0.05, 0) is 68.8 Å². The summed E-state index contributed by atoms with van der Waals surface area (Å²) in [7, 11) is -1.23. The lowest BCUT2D eigenvalue weighted by atomic mass is 10.1. The summed E-state index contributed by atoms with van der Waals surface area (Å²) in [6.45, 7) is 12.1. The lowest BCUT2D eigenvalue weighted by Crippen LogP contribution is -2.32. The number of amides is 1. The van der Waals surface area contributed by atoms with Gasteiger partial charge in [0, 0.05) is 49.3 Å². The van der Waals surface area contributed by atoms with Crippen molar-refractivity contribution in [3.05, 3.63) is 88.7 Å². The van der Waals surface area contributed by atoms with Crippen LogP contribution in [0.2, 0.25) is 25.7 Å². The molecule has 1 aliphatic heterocycles. The first-order valence-electron chi connectivity index (χ1n) is 13.6. The highest BCUT2D eigenvalue weighted by Crippen LogP contribution is 2.39. The van der Waals surface area contributed by atoms with Gasteiger partial charge in [0.1, 0.15) is 12.5 Å². The molecule has 40 heavy (non-hydrogen) atoms. The number of furan rings is 1. The van der Waals surface area contributed by atoms with Gasteiger partial charge in [-0.2, -0.15) is 0 Å². The van der Waals surface area contributed by atoms with Crippen LogP contribution in [0.15, 0.2) is 59.0 Å². The average Bonchev–Trinajstić information content (AvgIpc) is 3.42. The van der Waals surface area contributed by atoms with Gasteiger partial charge in [0.25, 0.3) is 11.7 Å². The zero-order chi connectivity index (χ0) is 28.6. The van der Waals surface area contributed by atoms with Crippen molar-refractivity contribution < 1.29 is 18.7 Å². The first-order chi connectivity index (χ1) is 19.0. The second-order valence-corrected chi connectivity index (χ2v) is 17.1. The lowest BCUT2D eigenvalue weighted by molar-refractivity contribution is 0.0794. The summed E-state index contributed by atoms with van der Waals surface area (Å²) in [5.41, 5.74) is 11.0. The van der Waals surface area contributed by atoms with Crippen molar-refractivity contribution in [3.63, 3.8) is 0 Å². The number of carbonyl (C=O) groups excluding carboxylic acids is 2. The summed E-state index contributed by atoms with van der Waals surface area (Å²) in [4.78, 5) is 33.5. The molecule has 9 heteroatoms. The Hall–Kier alpha value is -3.95. The van der Waals surface area contributed by atoms with Crippen LogP contribution in [0.3, 0.4) is 0 Å². The Balaban J connectivity index is 1.44. The predicted molar refractivity (Wildman–Crippen MR) is 160 cm³/mol. The number of nitrogens with zero attached hydrogens (tertiary/aromatic N) is 3. The molecule has 0 fully saturated rings. The van der Waals surface area contributed by atoms with Crippen LogP contribution in [-0.4, -0.2) is 42.5 Å². The number of anilines is 2. The first-order valence-corrected chi connectivity index (χ1v) is 17.3. The number of nitrogen functional groups attached to an aromatic ring is 1. The largest absolute Gasteiger partial charge is 0.452 e. The Kier molecular flexibility index (Phi) is 7.52. The number of rotatable bonds is 8. The van der Waals surface area contributed by atoms with Crippen molar-refractivity contribution in [2.75, 3.05) is 23.8 Å². The summed E-state index contributed by atoms with van der Waals surface area (Å²) in [5, 5.41) is 0. The van der Waals surface area contributed by atoms with Gasteiger partial charge >= 0.3 is 0 Å². The fourth-order valence-electron chi connectivity index (χ4n) is 4.83. The third-order valence-corrected chi connectivity index (χ3v) is 9.06. The standard InChI is InChI=1S/C31H36N4O4Si/c1-20-21(2)35(19-38-16-17-40(3,4)5)30(33-20)28(36)27-18-23-14-15-34(31(37)22-10-12-24(32)13-11-22)26-9-7-6-8-25(26)29(23)39-27/h6-13,18H,14-17,19,32H2,1-5H3. The zero-order valence-corrected chi connectivity index (χ0v) is 24.8. The van der Waals surface area contributed by atoms with Crippen molar-refractivity contribution in [2.24, 2.45) is 0 Å². The van der Waals surface area contributed by atoms with Crippen molar-refractivity contribution >= 4 is 31.1 Å². The maximum Gasteiger partial charge on any atom is 0.263 e. The third kappa shape index (κ3) is 5.52. The summed E-state index contributed by atoms with van der Waals surface area (Å²) in [6.07, 6.45) is 0.536. The number of ether oxygens (including phenoxy) is 1. The van der Waals surface area contributed by atoms with E-state index in [0.717, 1.165) is 34.2 Å². The molecule has 4 aromatic rings. The number of benzene rings is 2. The molecule has 3 heterocycles. The molecule has 0 atom stereocenters. The number of imidazole rings is 1. The normalized spacial score (nSPS) is 13.1. The second kappa shape index (κ2) is 10.9. The molecule has 0 spiro atoms. The van der Waals surface area contributed by atoms with Crippen LogP contribution in [0.4, 0.5) is 11.4 Å². The van der Waals surface area contributed by atoms with E-state index in [1.165, 1.54) is 0 Å². The molecule has 0 radical (unpaired) electrons. The fraction of sp³-hybridized carbons (Fsp3) is 0.323. The number of aromatic nitrogens is 2. The number of hydrogen-bond acceptors (Lipinski definition) is 6. The van der Waals surface area contributed by atoms with Gasteiger partial charge in [-0.1, -0.05) is 31.8 Å². The number of para-hydroxylation sites is 1. The Morgan fingerprint density at radius 1 is 1.07 bits per heavy atom. The highest BCUT2D eigenvalue weighted by Gasteiger charge is 2.30. The van der Waals surface area contributed by atoms with Gasteiger partial charge in [0.05, 0.1) is 11.4 Å². The molecule has 0 unspecified atom stereocenters. The highest BCUT2D eigenvalue weighted by molar-refractivity contribution is 6.76. The summed E-state index contributed by atoms with van der Waals surface area (Å²) >= 11 is 0. The van der Waals surface area contributed by atoms with Gasteiger partial charge in [-0.3, -0.25) is 9.59 Å². The maximum atomic E-state index is 13.7. The summed E-state index contributed by atoms with van der Waals surface area (Å²) < 4.78 is 14.1. The number of carbonyl (C=O) groups is 2. The van der Waals surface area contributed by atoms with Crippen molar-refractivity contribution in [1.29, 1.82) is 0 Å². The van der Waals surface area contributed by atoms with E-state index in [9.17, 15) is 9.59 Å². The van der Waals surface area contributed by atoms with E-state index in [4.69, 9.17) is 14.9 Å². The smallest absolute Gasteiger partial charge is 0.263 e. The minimum Gasteiger partial charge on any atom is -0.452 e. The Bertz CT molecular complexity index is 1560. The quantitative estimate of drug-likeness (QED) is 0.122. The van der Waals surface area contributed by atoms with Crippen molar-refractivity contribution in [2.45, 2.75) is 52.7 Å². The second-order valence-electron chi connectivity index (χ2n) is 11.5. The Morgan fingerprint density at radius 2 is 1.80 bits per heavy atom. The number of ketones is 1. The van der Waals surface area contributed by atoms with E-state index in [0.29, 0.717) is 42.4 Å². The zero-order valence-electron chi connectivity index (χ0n) is 23.8. The van der Waals surface area contributed by atoms with Crippen LogP contribution in [0.25, 0.3) is 11.3 Å². The Morgan fingerprint density at radius 3 is 2.52 bits per heavy atom. The van der Waals surface area contributed by atoms with Crippen LogP contribution in [0.5, 0.6) is 0 Å². The number of aryl methyl sites for hydroxylation is 1.